The lowest BCUT2D eigenvalue weighted by atomic mass is 9.77. The number of benzene rings is 2. The monoisotopic (exact) mass is 395 g/mol. The number of carbonyl (C=O) groups is 2. The van der Waals surface area contributed by atoms with E-state index in [2.05, 4.69) is 0 Å². The Bertz CT molecular complexity index is 958. The number of ether oxygens (including phenoxy) is 2. The minimum atomic E-state index is -0.766. The maximum Gasteiger partial charge on any atom is 0.313 e. The molecule has 3 aliphatic heterocycles. The van der Waals surface area contributed by atoms with Crippen molar-refractivity contribution < 1.29 is 19.1 Å². The van der Waals surface area contributed by atoms with E-state index in [9.17, 15) is 9.59 Å². The lowest BCUT2D eigenvalue weighted by Gasteiger charge is -2.22. The summed E-state index contributed by atoms with van der Waals surface area (Å²) in [6.07, 6.45) is 3.39. The molecule has 0 aromatic heterocycles. The second-order valence-corrected chi connectivity index (χ2v) is 7.83. The number of anilines is 1. The van der Waals surface area contributed by atoms with Gasteiger partial charge in [-0.25, -0.2) is 0 Å². The second kappa shape index (κ2) is 6.47. The third kappa shape index (κ3) is 2.65. The van der Waals surface area contributed by atoms with Crippen LogP contribution in [0.1, 0.15) is 5.56 Å². The van der Waals surface area contributed by atoms with Gasteiger partial charge >= 0.3 is 5.97 Å². The number of fused-ring (bicyclic) bond motifs is 1. The average Bonchev–Trinajstić information content (AvgIpc) is 3.36. The fraction of sp³-hybridized carbons (Fsp3) is 0.273. The lowest BCUT2D eigenvalue weighted by Crippen LogP contribution is -2.40. The van der Waals surface area contributed by atoms with Crippen molar-refractivity contribution in [1.82, 2.24) is 0 Å². The number of hydrogen-bond donors (Lipinski definition) is 0. The molecule has 2 fully saturated rings. The summed E-state index contributed by atoms with van der Waals surface area (Å²) in [6, 6.07) is 16.6. The molecule has 2 aromatic rings. The quantitative estimate of drug-likeness (QED) is 0.588. The first-order valence-corrected chi connectivity index (χ1v) is 9.60. The molecule has 6 heteroatoms. The highest BCUT2D eigenvalue weighted by molar-refractivity contribution is 6.30. The van der Waals surface area contributed by atoms with Gasteiger partial charge in [-0.3, -0.25) is 9.59 Å². The molecule has 3 aliphatic rings. The highest BCUT2D eigenvalue weighted by atomic mass is 35.5. The molecule has 3 heterocycles. The smallest absolute Gasteiger partial charge is 0.313 e. The first kappa shape index (κ1) is 17.5. The van der Waals surface area contributed by atoms with E-state index in [-0.39, 0.29) is 12.5 Å². The summed E-state index contributed by atoms with van der Waals surface area (Å²) in [5, 5.41) is 0.605. The number of rotatable bonds is 4. The third-order valence-corrected chi connectivity index (χ3v) is 5.99. The number of nitrogens with zero attached hydrogens (tertiary/aromatic N) is 1. The van der Waals surface area contributed by atoms with Crippen molar-refractivity contribution in [1.29, 1.82) is 0 Å². The molecule has 1 spiro atoms. The summed E-state index contributed by atoms with van der Waals surface area (Å²) in [5.74, 6) is -1.70. The van der Waals surface area contributed by atoms with E-state index >= 15 is 0 Å². The first-order chi connectivity index (χ1) is 13.6. The van der Waals surface area contributed by atoms with Crippen LogP contribution in [-0.4, -0.2) is 30.1 Å². The van der Waals surface area contributed by atoms with Crippen molar-refractivity contribution in [3.63, 3.8) is 0 Å². The number of amides is 1. The summed E-state index contributed by atoms with van der Waals surface area (Å²) in [5.41, 5.74) is 0.887. The van der Waals surface area contributed by atoms with E-state index in [1.54, 1.807) is 29.2 Å². The Morgan fingerprint density at radius 2 is 1.93 bits per heavy atom. The van der Waals surface area contributed by atoms with E-state index in [1.807, 2.05) is 42.5 Å². The van der Waals surface area contributed by atoms with Crippen molar-refractivity contribution in [2.24, 2.45) is 11.8 Å². The van der Waals surface area contributed by atoms with Crippen LogP contribution in [-0.2, 0) is 25.7 Å². The topological polar surface area (TPSA) is 55.8 Å². The molecule has 1 amide bonds. The molecular formula is C22H18ClNO4. The molecule has 4 unspecified atom stereocenters. The Hall–Kier alpha value is -2.63. The molecule has 0 aliphatic carbocycles. The van der Waals surface area contributed by atoms with E-state index in [1.165, 1.54) is 0 Å². The Kier molecular flexibility index (Phi) is 4.03. The Labute approximate surface area is 167 Å². The van der Waals surface area contributed by atoms with Crippen LogP contribution in [0.5, 0.6) is 0 Å². The van der Waals surface area contributed by atoms with Crippen LogP contribution in [0.2, 0.25) is 5.02 Å². The maximum atomic E-state index is 13.2. The van der Waals surface area contributed by atoms with Gasteiger partial charge in [0.05, 0.1) is 18.6 Å². The molecule has 0 saturated carbocycles. The largest absolute Gasteiger partial charge is 0.460 e. The highest BCUT2D eigenvalue weighted by Gasteiger charge is 2.67. The zero-order valence-electron chi connectivity index (χ0n) is 15.0. The van der Waals surface area contributed by atoms with Gasteiger partial charge in [-0.15, -0.1) is 0 Å². The van der Waals surface area contributed by atoms with Gasteiger partial charge in [0.1, 0.15) is 18.1 Å². The highest BCUT2D eigenvalue weighted by Crippen LogP contribution is 2.53. The molecular weight excluding hydrogens is 378 g/mol. The van der Waals surface area contributed by atoms with Crippen molar-refractivity contribution in [2.45, 2.75) is 18.3 Å². The van der Waals surface area contributed by atoms with Gasteiger partial charge in [-0.2, -0.15) is 0 Å². The van der Waals surface area contributed by atoms with Crippen LogP contribution < -0.4 is 4.90 Å². The Morgan fingerprint density at radius 1 is 1.18 bits per heavy atom. The first-order valence-electron chi connectivity index (χ1n) is 9.22. The van der Waals surface area contributed by atoms with Gasteiger partial charge in [0, 0.05) is 10.7 Å². The van der Waals surface area contributed by atoms with Gasteiger partial charge in [0.15, 0.2) is 0 Å². The van der Waals surface area contributed by atoms with Gasteiger partial charge in [0.25, 0.3) is 0 Å². The minimum Gasteiger partial charge on any atom is -0.460 e. The third-order valence-electron chi connectivity index (χ3n) is 5.73. The fourth-order valence-electron chi connectivity index (χ4n) is 4.43. The fourth-order valence-corrected chi connectivity index (χ4v) is 4.56. The van der Waals surface area contributed by atoms with Crippen molar-refractivity contribution in [2.75, 3.05) is 11.4 Å². The Morgan fingerprint density at radius 3 is 2.68 bits per heavy atom. The normalized spacial score (nSPS) is 30.0. The summed E-state index contributed by atoms with van der Waals surface area (Å²) < 4.78 is 11.6. The SMILES string of the molecule is O=C(OCc1ccccc1)C1C2C=CC3(CN(c4ccc(Cl)cc4)C(=O)C13)O2. The predicted molar refractivity (Wildman–Crippen MR) is 104 cm³/mol. The van der Waals surface area contributed by atoms with E-state index in [0.29, 0.717) is 11.6 Å². The molecule has 5 rings (SSSR count). The minimum absolute atomic E-state index is 0.115. The molecule has 0 N–H and O–H groups in total. The van der Waals surface area contributed by atoms with E-state index < -0.39 is 29.5 Å². The number of hydrogen-bond acceptors (Lipinski definition) is 4. The summed E-state index contributed by atoms with van der Waals surface area (Å²) in [6.45, 7) is 0.564. The van der Waals surface area contributed by atoms with Crippen LogP contribution in [0.25, 0.3) is 0 Å². The zero-order chi connectivity index (χ0) is 19.3. The molecule has 2 saturated heterocycles. The van der Waals surface area contributed by atoms with Crippen molar-refractivity contribution in [3.8, 4) is 0 Å². The molecule has 4 atom stereocenters. The van der Waals surface area contributed by atoms with Gasteiger partial charge in [-0.1, -0.05) is 54.1 Å². The summed E-state index contributed by atoms with van der Waals surface area (Å²) in [7, 11) is 0. The molecule has 28 heavy (non-hydrogen) atoms. The standard InChI is InChI=1S/C22H18ClNO4/c23-15-6-8-16(9-7-15)24-13-22-11-10-17(28-22)18(19(22)20(24)25)21(26)27-12-14-4-2-1-3-5-14/h1-11,17-19H,12-13H2. The number of carbonyl (C=O) groups excluding carboxylic acids is 2. The molecule has 5 nitrogen and oxygen atoms in total. The van der Waals surface area contributed by atoms with Crippen LogP contribution in [0, 0.1) is 11.8 Å². The van der Waals surface area contributed by atoms with Crippen LogP contribution >= 0.6 is 11.6 Å². The van der Waals surface area contributed by atoms with Crippen LogP contribution in [0.15, 0.2) is 66.7 Å². The molecule has 2 aromatic carbocycles. The molecule has 142 valence electrons. The van der Waals surface area contributed by atoms with Gasteiger partial charge < -0.3 is 14.4 Å². The van der Waals surface area contributed by atoms with Gasteiger partial charge in [0.2, 0.25) is 5.91 Å². The van der Waals surface area contributed by atoms with E-state index in [4.69, 9.17) is 21.1 Å². The van der Waals surface area contributed by atoms with E-state index in [0.717, 1.165) is 11.3 Å². The summed E-state index contributed by atoms with van der Waals surface area (Å²) >= 11 is 5.96. The number of esters is 1. The van der Waals surface area contributed by atoms with Gasteiger partial charge in [-0.05, 0) is 29.8 Å². The maximum absolute atomic E-state index is 13.2. The van der Waals surface area contributed by atoms with Crippen molar-refractivity contribution >= 4 is 29.2 Å². The molecule has 0 radical (unpaired) electrons. The van der Waals surface area contributed by atoms with Crippen LogP contribution in [0.4, 0.5) is 5.69 Å². The Balaban J connectivity index is 1.38. The lowest BCUT2D eigenvalue weighted by molar-refractivity contribution is -0.153. The summed E-state index contributed by atoms with van der Waals surface area (Å²) in [4.78, 5) is 27.7. The molecule has 2 bridgehead atoms. The van der Waals surface area contributed by atoms with Crippen molar-refractivity contribution in [3.05, 3.63) is 77.3 Å². The predicted octanol–water partition coefficient (Wildman–Crippen LogP) is 3.37. The zero-order valence-corrected chi connectivity index (χ0v) is 15.7. The average molecular weight is 396 g/mol. The second-order valence-electron chi connectivity index (χ2n) is 7.39. The number of halogens is 1. The van der Waals surface area contributed by atoms with Crippen LogP contribution in [0.3, 0.4) is 0 Å².